The van der Waals surface area contributed by atoms with Gasteiger partial charge in [-0.2, -0.15) is 0 Å². The van der Waals surface area contributed by atoms with Crippen LogP contribution >= 0.6 is 0 Å². The van der Waals surface area contributed by atoms with Crippen molar-refractivity contribution in [3.05, 3.63) is 23.8 Å². The Bertz CT molecular complexity index is 197. The molecule has 0 saturated carbocycles. The van der Waals surface area contributed by atoms with E-state index in [-0.39, 0.29) is 5.78 Å². The molecule has 1 aliphatic rings. The molecule has 0 spiro atoms. The van der Waals surface area contributed by atoms with Gasteiger partial charge in [-0.3, -0.25) is 4.79 Å². The van der Waals surface area contributed by atoms with Crippen molar-refractivity contribution < 1.29 is 4.79 Å². The van der Waals surface area contributed by atoms with E-state index in [1.54, 1.807) is 6.08 Å². The van der Waals surface area contributed by atoms with Gasteiger partial charge >= 0.3 is 0 Å². The van der Waals surface area contributed by atoms with Gasteiger partial charge in [-0.25, -0.2) is 0 Å². The average molecular weight is 136 g/mol. The van der Waals surface area contributed by atoms with Crippen LogP contribution in [0.1, 0.15) is 20.3 Å². The van der Waals surface area contributed by atoms with Crippen LogP contribution in [0.4, 0.5) is 0 Å². The van der Waals surface area contributed by atoms with Gasteiger partial charge in [0.2, 0.25) is 0 Å². The molecule has 54 valence electrons. The Morgan fingerprint density at radius 1 is 1.60 bits per heavy atom. The average Bonchev–Trinajstić information content (AvgIpc) is 2.15. The zero-order valence-corrected chi connectivity index (χ0v) is 6.42. The van der Waals surface area contributed by atoms with E-state index in [0.29, 0.717) is 5.92 Å². The molecule has 0 amide bonds. The van der Waals surface area contributed by atoms with Gasteiger partial charge < -0.3 is 0 Å². The summed E-state index contributed by atoms with van der Waals surface area (Å²) in [5, 5.41) is 0. The highest BCUT2D eigenvalue weighted by Gasteiger charge is 2.09. The monoisotopic (exact) mass is 136 g/mol. The summed E-state index contributed by atoms with van der Waals surface area (Å²) in [6.07, 6.45) is 6.42. The molecule has 0 atom stereocenters. The second-order valence-electron chi connectivity index (χ2n) is 2.91. The minimum atomic E-state index is 0.189. The molecular formula is C9H12O. The van der Waals surface area contributed by atoms with Crippen LogP contribution in [0.15, 0.2) is 23.8 Å². The summed E-state index contributed by atoms with van der Waals surface area (Å²) in [7, 11) is 0. The van der Waals surface area contributed by atoms with E-state index in [0.717, 1.165) is 12.0 Å². The molecule has 1 aliphatic carbocycles. The molecule has 0 heterocycles. The molecule has 10 heavy (non-hydrogen) atoms. The number of allylic oxidation sites excluding steroid dienone is 4. The van der Waals surface area contributed by atoms with Crippen molar-refractivity contribution in [1.82, 2.24) is 0 Å². The molecule has 0 radical (unpaired) electrons. The summed E-state index contributed by atoms with van der Waals surface area (Å²) in [6.45, 7) is 4.16. The Morgan fingerprint density at radius 3 is 2.70 bits per heavy atom. The fourth-order valence-corrected chi connectivity index (χ4v) is 1.05. The lowest BCUT2D eigenvalue weighted by molar-refractivity contribution is -0.111. The highest BCUT2D eigenvalue weighted by molar-refractivity contribution is 6.06. The van der Waals surface area contributed by atoms with Crippen molar-refractivity contribution in [2.75, 3.05) is 0 Å². The first-order valence-corrected chi connectivity index (χ1v) is 3.61. The zero-order chi connectivity index (χ0) is 7.56. The molecule has 0 unspecified atom stereocenters. The van der Waals surface area contributed by atoms with Crippen LogP contribution in [-0.2, 0) is 4.79 Å². The third-order valence-electron chi connectivity index (χ3n) is 1.46. The van der Waals surface area contributed by atoms with E-state index < -0.39 is 0 Å². The van der Waals surface area contributed by atoms with E-state index in [1.165, 1.54) is 0 Å². The lowest BCUT2D eigenvalue weighted by Crippen LogP contribution is -1.93. The van der Waals surface area contributed by atoms with Gasteiger partial charge in [-0.15, -0.1) is 0 Å². The predicted octanol–water partition coefficient (Wildman–Crippen LogP) is 2.10. The van der Waals surface area contributed by atoms with Crippen molar-refractivity contribution >= 4 is 5.78 Å². The molecule has 0 saturated heterocycles. The van der Waals surface area contributed by atoms with Crippen molar-refractivity contribution in [1.29, 1.82) is 0 Å². The Kier molecular flexibility index (Phi) is 2.05. The summed E-state index contributed by atoms with van der Waals surface area (Å²) >= 11 is 0. The molecular weight excluding hydrogens is 124 g/mol. The van der Waals surface area contributed by atoms with Crippen LogP contribution < -0.4 is 0 Å². The smallest absolute Gasteiger partial charge is 0.181 e. The first-order valence-electron chi connectivity index (χ1n) is 3.61. The number of hydrogen-bond acceptors (Lipinski definition) is 1. The summed E-state index contributed by atoms with van der Waals surface area (Å²) in [5.41, 5.74) is 0.954. The van der Waals surface area contributed by atoms with Gasteiger partial charge in [-0.05, 0) is 24.0 Å². The maximum Gasteiger partial charge on any atom is 0.181 e. The first kappa shape index (κ1) is 7.26. The Balaban J connectivity index is 2.67. The van der Waals surface area contributed by atoms with E-state index >= 15 is 0 Å². The topological polar surface area (TPSA) is 17.1 Å². The van der Waals surface area contributed by atoms with Gasteiger partial charge in [0.1, 0.15) is 0 Å². The van der Waals surface area contributed by atoms with E-state index in [2.05, 4.69) is 13.8 Å². The van der Waals surface area contributed by atoms with Crippen LogP contribution in [0.25, 0.3) is 0 Å². The zero-order valence-electron chi connectivity index (χ0n) is 6.42. The molecule has 1 rings (SSSR count). The number of ketones is 1. The molecule has 0 aromatic rings. The van der Waals surface area contributed by atoms with Crippen molar-refractivity contribution in [3.63, 3.8) is 0 Å². The first-order chi connectivity index (χ1) is 4.70. The second kappa shape index (κ2) is 2.82. The molecule has 0 fully saturated rings. The number of carbonyl (C=O) groups is 1. The summed E-state index contributed by atoms with van der Waals surface area (Å²) in [5.74, 6) is 0.674. The predicted molar refractivity (Wildman–Crippen MR) is 41.7 cm³/mol. The molecule has 0 aromatic heterocycles. The number of carbonyl (C=O) groups excluding carboxylic acids is 1. The third-order valence-corrected chi connectivity index (χ3v) is 1.46. The number of hydrogen-bond donors (Lipinski definition) is 0. The maximum atomic E-state index is 11.0. The minimum Gasteiger partial charge on any atom is -0.290 e. The van der Waals surface area contributed by atoms with Gasteiger partial charge in [0.25, 0.3) is 0 Å². The van der Waals surface area contributed by atoms with Gasteiger partial charge in [0.15, 0.2) is 5.78 Å². The molecule has 1 nitrogen and oxygen atoms in total. The van der Waals surface area contributed by atoms with Crippen LogP contribution in [-0.4, -0.2) is 5.78 Å². The molecule has 0 aliphatic heterocycles. The van der Waals surface area contributed by atoms with Gasteiger partial charge in [0, 0.05) is 0 Å². The van der Waals surface area contributed by atoms with Crippen molar-refractivity contribution in [2.45, 2.75) is 20.3 Å². The largest absolute Gasteiger partial charge is 0.290 e. The highest BCUT2D eigenvalue weighted by atomic mass is 16.1. The van der Waals surface area contributed by atoms with Gasteiger partial charge in [-0.1, -0.05) is 26.0 Å². The van der Waals surface area contributed by atoms with E-state index in [1.807, 2.05) is 12.2 Å². The fraction of sp³-hybridized carbons (Fsp3) is 0.444. The quantitative estimate of drug-likeness (QED) is 0.504. The lowest BCUT2D eigenvalue weighted by atomic mass is 10.1. The minimum absolute atomic E-state index is 0.189. The van der Waals surface area contributed by atoms with Crippen molar-refractivity contribution in [3.8, 4) is 0 Å². The fourth-order valence-electron chi connectivity index (χ4n) is 1.05. The summed E-state index contributed by atoms with van der Waals surface area (Å²) in [6, 6.07) is 0. The van der Waals surface area contributed by atoms with E-state index in [9.17, 15) is 4.79 Å². The van der Waals surface area contributed by atoms with E-state index in [4.69, 9.17) is 0 Å². The lowest BCUT2D eigenvalue weighted by Gasteiger charge is -1.97. The maximum absolute atomic E-state index is 11.0. The molecule has 0 N–H and O–H groups in total. The summed E-state index contributed by atoms with van der Waals surface area (Å²) in [4.78, 5) is 11.0. The second-order valence-corrected chi connectivity index (χ2v) is 2.91. The SMILES string of the molecule is CC(C)/C=C1/CC=CC1=O. The standard InChI is InChI=1S/C9H12O/c1-7(2)6-8-4-3-5-9(8)10/h3,5-7H,4H2,1-2H3/b8-6-. The molecule has 0 bridgehead atoms. The van der Waals surface area contributed by atoms with Crippen molar-refractivity contribution in [2.24, 2.45) is 5.92 Å². The summed E-state index contributed by atoms with van der Waals surface area (Å²) < 4.78 is 0. The Hall–Kier alpha value is -0.850. The normalized spacial score (nSPS) is 21.5. The van der Waals surface area contributed by atoms with Crippen LogP contribution in [0.3, 0.4) is 0 Å². The Morgan fingerprint density at radius 2 is 2.30 bits per heavy atom. The molecule has 1 heteroatoms. The highest BCUT2D eigenvalue weighted by Crippen LogP contribution is 2.14. The Labute approximate surface area is 61.4 Å². The van der Waals surface area contributed by atoms with Gasteiger partial charge in [0.05, 0.1) is 0 Å². The van der Waals surface area contributed by atoms with Crippen LogP contribution in [0.5, 0.6) is 0 Å². The van der Waals surface area contributed by atoms with Crippen LogP contribution in [0.2, 0.25) is 0 Å². The third kappa shape index (κ3) is 1.56. The molecule has 0 aromatic carbocycles. The van der Waals surface area contributed by atoms with Crippen LogP contribution in [0, 0.1) is 5.92 Å². The number of rotatable bonds is 1.